The van der Waals surface area contributed by atoms with Crippen molar-refractivity contribution in [1.82, 2.24) is 10.2 Å². The standard InChI is InChI=1S/C17H24N2O2S/c1-12-6-2-3-7-13(12)18-16(20)14-8-4-10-19(14)17(21)15-9-5-11-22-15/h5,9,11-14H,2-4,6-8,10H2,1H3,(H,18,20)/t12-,13-,14-/m1/s1. The summed E-state index contributed by atoms with van der Waals surface area (Å²) in [6.45, 7) is 2.91. The van der Waals surface area contributed by atoms with Crippen LogP contribution in [0.2, 0.25) is 0 Å². The van der Waals surface area contributed by atoms with E-state index in [9.17, 15) is 9.59 Å². The fourth-order valence-corrected chi connectivity index (χ4v) is 4.31. The summed E-state index contributed by atoms with van der Waals surface area (Å²) in [5, 5.41) is 5.12. The molecular formula is C17H24N2O2S. The molecule has 3 rings (SSSR count). The summed E-state index contributed by atoms with van der Waals surface area (Å²) in [4.78, 5) is 27.7. The summed E-state index contributed by atoms with van der Waals surface area (Å²) in [6, 6.07) is 3.71. The number of carbonyl (C=O) groups excluding carboxylic acids is 2. The van der Waals surface area contributed by atoms with Crippen LogP contribution in [0.15, 0.2) is 17.5 Å². The van der Waals surface area contributed by atoms with E-state index in [1.54, 1.807) is 4.90 Å². The van der Waals surface area contributed by atoms with E-state index in [0.29, 0.717) is 12.5 Å². The van der Waals surface area contributed by atoms with Gasteiger partial charge in [-0.2, -0.15) is 0 Å². The number of likely N-dealkylation sites (tertiary alicyclic amines) is 1. The Morgan fingerprint density at radius 2 is 2.05 bits per heavy atom. The zero-order valence-electron chi connectivity index (χ0n) is 13.1. The van der Waals surface area contributed by atoms with Crippen molar-refractivity contribution in [2.24, 2.45) is 5.92 Å². The normalized spacial score (nSPS) is 28.6. The van der Waals surface area contributed by atoms with Gasteiger partial charge in [0.15, 0.2) is 0 Å². The van der Waals surface area contributed by atoms with Gasteiger partial charge in [0.1, 0.15) is 6.04 Å². The van der Waals surface area contributed by atoms with Gasteiger partial charge in [-0.15, -0.1) is 11.3 Å². The smallest absolute Gasteiger partial charge is 0.264 e. The number of hydrogen-bond acceptors (Lipinski definition) is 3. The Hall–Kier alpha value is -1.36. The molecule has 2 fully saturated rings. The summed E-state index contributed by atoms with van der Waals surface area (Å²) in [6.07, 6.45) is 6.41. The maximum absolute atomic E-state index is 12.6. The lowest BCUT2D eigenvalue weighted by Gasteiger charge is -2.32. The third kappa shape index (κ3) is 3.19. The van der Waals surface area contributed by atoms with Crippen LogP contribution in [0.3, 0.4) is 0 Å². The van der Waals surface area contributed by atoms with Gasteiger partial charge in [-0.1, -0.05) is 25.8 Å². The molecule has 0 spiro atoms. The molecule has 4 nitrogen and oxygen atoms in total. The second kappa shape index (κ2) is 6.82. The zero-order chi connectivity index (χ0) is 15.5. The van der Waals surface area contributed by atoms with Crippen LogP contribution in [0, 0.1) is 5.92 Å². The molecule has 3 atom stereocenters. The monoisotopic (exact) mass is 320 g/mol. The minimum Gasteiger partial charge on any atom is -0.351 e. The zero-order valence-corrected chi connectivity index (χ0v) is 13.9. The van der Waals surface area contributed by atoms with E-state index in [1.807, 2.05) is 17.5 Å². The molecule has 1 saturated heterocycles. The molecule has 0 bridgehead atoms. The first kappa shape index (κ1) is 15.5. The van der Waals surface area contributed by atoms with Gasteiger partial charge >= 0.3 is 0 Å². The third-order valence-corrected chi connectivity index (χ3v) is 5.85. The maximum atomic E-state index is 12.6. The molecule has 5 heteroatoms. The summed E-state index contributed by atoms with van der Waals surface area (Å²) in [5.41, 5.74) is 0. The first-order valence-corrected chi connectivity index (χ1v) is 9.19. The number of nitrogens with one attached hydrogen (secondary N) is 1. The van der Waals surface area contributed by atoms with Gasteiger partial charge in [-0.3, -0.25) is 9.59 Å². The molecule has 2 aliphatic rings. The van der Waals surface area contributed by atoms with Crippen LogP contribution in [-0.4, -0.2) is 35.3 Å². The van der Waals surface area contributed by atoms with E-state index < -0.39 is 0 Å². The van der Waals surface area contributed by atoms with Gasteiger partial charge in [0.25, 0.3) is 5.91 Å². The molecule has 2 heterocycles. The molecule has 2 amide bonds. The number of carbonyl (C=O) groups is 2. The van der Waals surface area contributed by atoms with Crippen molar-refractivity contribution >= 4 is 23.2 Å². The molecule has 0 unspecified atom stereocenters. The lowest BCUT2D eigenvalue weighted by atomic mass is 9.86. The molecule has 0 aromatic carbocycles. The van der Waals surface area contributed by atoms with E-state index in [-0.39, 0.29) is 23.9 Å². The molecule has 1 aromatic heterocycles. The van der Waals surface area contributed by atoms with Crippen molar-refractivity contribution < 1.29 is 9.59 Å². The first-order chi connectivity index (χ1) is 10.7. The minimum atomic E-state index is -0.288. The summed E-state index contributed by atoms with van der Waals surface area (Å²) in [7, 11) is 0. The Labute approximate surface area is 135 Å². The van der Waals surface area contributed by atoms with Gasteiger partial charge in [0, 0.05) is 12.6 Å². The number of amides is 2. The van der Waals surface area contributed by atoms with Crippen molar-refractivity contribution in [3.8, 4) is 0 Å². The van der Waals surface area contributed by atoms with Crippen molar-refractivity contribution in [2.45, 2.75) is 57.5 Å². The van der Waals surface area contributed by atoms with Crippen molar-refractivity contribution in [3.63, 3.8) is 0 Å². The summed E-state index contributed by atoms with van der Waals surface area (Å²) in [5.74, 6) is 0.589. The van der Waals surface area contributed by atoms with Gasteiger partial charge in [-0.25, -0.2) is 0 Å². The highest BCUT2D eigenvalue weighted by Gasteiger charge is 2.36. The van der Waals surface area contributed by atoms with Crippen LogP contribution in [0.4, 0.5) is 0 Å². The second-order valence-corrected chi connectivity index (χ2v) is 7.46. The van der Waals surface area contributed by atoms with Crippen LogP contribution in [-0.2, 0) is 4.79 Å². The van der Waals surface area contributed by atoms with Gasteiger partial charge < -0.3 is 10.2 Å². The number of hydrogen-bond donors (Lipinski definition) is 1. The van der Waals surface area contributed by atoms with Gasteiger partial charge in [0.2, 0.25) is 5.91 Å². The lowest BCUT2D eigenvalue weighted by Crippen LogP contribution is -2.50. The highest BCUT2D eigenvalue weighted by atomic mass is 32.1. The van der Waals surface area contributed by atoms with Crippen LogP contribution in [0.5, 0.6) is 0 Å². The second-order valence-electron chi connectivity index (χ2n) is 6.51. The fourth-order valence-electron chi connectivity index (χ4n) is 3.63. The van der Waals surface area contributed by atoms with E-state index in [1.165, 1.54) is 30.6 Å². The Bertz CT molecular complexity index is 529. The van der Waals surface area contributed by atoms with Crippen LogP contribution >= 0.6 is 11.3 Å². The number of nitrogens with zero attached hydrogens (tertiary/aromatic N) is 1. The molecular weight excluding hydrogens is 296 g/mol. The highest BCUT2D eigenvalue weighted by molar-refractivity contribution is 7.12. The van der Waals surface area contributed by atoms with Gasteiger partial charge in [-0.05, 0) is 43.0 Å². The minimum absolute atomic E-state index is 0.00402. The number of thiophene rings is 1. The Balaban J connectivity index is 1.64. The number of rotatable bonds is 3. The van der Waals surface area contributed by atoms with Crippen molar-refractivity contribution in [2.75, 3.05) is 6.54 Å². The average molecular weight is 320 g/mol. The van der Waals surface area contributed by atoms with Crippen molar-refractivity contribution in [3.05, 3.63) is 22.4 Å². The topological polar surface area (TPSA) is 49.4 Å². The fraction of sp³-hybridized carbons (Fsp3) is 0.647. The molecule has 1 N–H and O–H groups in total. The molecule has 1 aliphatic heterocycles. The maximum Gasteiger partial charge on any atom is 0.264 e. The largest absolute Gasteiger partial charge is 0.351 e. The SMILES string of the molecule is C[C@@H]1CCCC[C@H]1NC(=O)[C@H]1CCCN1C(=O)c1cccs1. The van der Waals surface area contributed by atoms with Gasteiger partial charge in [0.05, 0.1) is 4.88 Å². The van der Waals surface area contributed by atoms with E-state index in [0.717, 1.165) is 24.1 Å². The predicted octanol–water partition coefficient (Wildman–Crippen LogP) is 3.05. The van der Waals surface area contributed by atoms with E-state index in [4.69, 9.17) is 0 Å². The van der Waals surface area contributed by atoms with Crippen LogP contribution in [0.25, 0.3) is 0 Å². The third-order valence-electron chi connectivity index (χ3n) is 4.99. The molecule has 1 saturated carbocycles. The predicted molar refractivity (Wildman–Crippen MR) is 87.9 cm³/mol. The Morgan fingerprint density at radius 3 is 2.77 bits per heavy atom. The summed E-state index contributed by atoms with van der Waals surface area (Å²) < 4.78 is 0. The molecule has 120 valence electrons. The average Bonchev–Trinajstić information content (AvgIpc) is 3.20. The van der Waals surface area contributed by atoms with E-state index in [2.05, 4.69) is 12.2 Å². The molecule has 1 aliphatic carbocycles. The van der Waals surface area contributed by atoms with Crippen LogP contribution in [0.1, 0.15) is 55.1 Å². The molecule has 22 heavy (non-hydrogen) atoms. The van der Waals surface area contributed by atoms with Crippen LogP contribution < -0.4 is 5.32 Å². The van der Waals surface area contributed by atoms with Crippen molar-refractivity contribution in [1.29, 1.82) is 0 Å². The molecule has 0 radical (unpaired) electrons. The summed E-state index contributed by atoms with van der Waals surface area (Å²) >= 11 is 1.44. The molecule has 1 aromatic rings. The highest BCUT2D eigenvalue weighted by Crippen LogP contribution is 2.26. The Kier molecular flexibility index (Phi) is 4.81. The van der Waals surface area contributed by atoms with E-state index >= 15 is 0 Å². The quantitative estimate of drug-likeness (QED) is 0.930. The Morgan fingerprint density at radius 1 is 1.23 bits per heavy atom. The first-order valence-electron chi connectivity index (χ1n) is 8.31. The lowest BCUT2D eigenvalue weighted by molar-refractivity contribution is -0.126.